The predicted molar refractivity (Wildman–Crippen MR) is 25.4 cm³/mol. The molecule has 0 saturated carbocycles. The molecule has 0 aliphatic rings. The minimum absolute atomic E-state index is 1.16. The SMILES string of the molecule is C/C=C\[CH2][Ge]. The Hall–Kier alpha value is 0.283. The van der Waals surface area contributed by atoms with Gasteiger partial charge in [-0.25, -0.2) is 0 Å². The van der Waals surface area contributed by atoms with Crippen LogP contribution in [0, 0.1) is 0 Å². The van der Waals surface area contributed by atoms with Crippen molar-refractivity contribution in [2.24, 2.45) is 0 Å². The molecule has 0 fully saturated rings. The molecule has 0 aromatic carbocycles. The molecule has 0 N–H and O–H groups in total. The van der Waals surface area contributed by atoms with Gasteiger partial charge in [-0.2, -0.15) is 0 Å². The van der Waals surface area contributed by atoms with Crippen molar-refractivity contribution < 1.29 is 0 Å². The molecule has 0 aromatic heterocycles. The molecule has 0 atom stereocenters. The molecule has 0 amide bonds. The zero-order valence-electron chi connectivity index (χ0n) is 3.36. The molecule has 0 aliphatic carbocycles. The summed E-state index contributed by atoms with van der Waals surface area (Å²) in [5.41, 5.74) is 0. The van der Waals surface area contributed by atoms with E-state index in [9.17, 15) is 0 Å². The molecule has 0 heterocycles. The van der Waals surface area contributed by atoms with Crippen molar-refractivity contribution in [1.29, 1.82) is 0 Å². The predicted octanol–water partition coefficient (Wildman–Crippen LogP) is 1.15. The van der Waals surface area contributed by atoms with E-state index in [4.69, 9.17) is 0 Å². The molecule has 0 bridgehead atoms. The van der Waals surface area contributed by atoms with Crippen LogP contribution in [-0.2, 0) is 0 Å². The molecule has 0 spiro atoms. The van der Waals surface area contributed by atoms with E-state index in [-0.39, 0.29) is 0 Å². The second kappa shape index (κ2) is 4.28. The van der Waals surface area contributed by atoms with Gasteiger partial charge in [-0.05, 0) is 0 Å². The first-order valence-electron chi connectivity index (χ1n) is 1.67. The van der Waals surface area contributed by atoms with E-state index in [0.717, 1.165) is 5.25 Å². The van der Waals surface area contributed by atoms with Gasteiger partial charge in [0.25, 0.3) is 0 Å². The zero-order chi connectivity index (χ0) is 4.12. The topological polar surface area (TPSA) is 0 Å². The van der Waals surface area contributed by atoms with E-state index < -0.39 is 0 Å². The second-order valence-corrected chi connectivity index (χ2v) is 1.63. The van der Waals surface area contributed by atoms with E-state index in [2.05, 4.69) is 28.7 Å². The van der Waals surface area contributed by atoms with Crippen LogP contribution < -0.4 is 0 Å². The van der Waals surface area contributed by atoms with Crippen LogP contribution >= 0.6 is 0 Å². The molecule has 0 aliphatic heterocycles. The van der Waals surface area contributed by atoms with Gasteiger partial charge < -0.3 is 0 Å². The number of hydrogen-bond donors (Lipinski definition) is 0. The summed E-state index contributed by atoms with van der Waals surface area (Å²) in [6.07, 6.45) is 4.18. The summed E-state index contributed by atoms with van der Waals surface area (Å²) >= 11 is 2.12. The Morgan fingerprint density at radius 1 is 1.80 bits per heavy atom. The van der Waals surface area contributed by atoms with E-state index in [1.807, 2.05) is 6.92 Å². The van der Waals surface area contributed by atoms with Crippen LogP contribution in [0.5, 0.6) is 0 Å². The van der Waals surface area contributed by atoms with Crippen molar-refractivity contribution in [3.05, 3.63) is 12.2 Å². The van der Waals surface area contributed by atoms with Gasteiger partial charge in [-0.15, -0.1) is 0 Å². The normalized spacial score (nSPS) is 10.0. The third-order valence-corrected chi connectivity index (χ3v) is 0.848. The average molecular weight is 128 g/mol. The Morgan fingerprint density at radius 3 is 2.40 bits per heavy atom. The number of allylic oxidation sites excluding steroid dienone is 2. The van der Waals surface area contributed by atoms with Gasteiger partial charge >= 0.3 is 40.8 Å². The van der Waals surface area contributed by atoms with E-state index in [0.29, 0.717) is 0 Å². The Labute approximate surface area is 41.5 Å². The quantitative estimate of drug-likeness (QED) is 0.366. The van der Waals surface area contributed by atoms with Gasteiger partial charge in [0.05, 0.1) is 0 Å². The van der Waals surface area contributed by atoms with Crippen LogP contribution in [0.15, 0.2) is 12.2 Å². The van der Waals surface area contributed by atoms with Gasteiger partial charge in [-0.3, -0.25) is 0 Å². The fourth-order valence-corrected chi connectivity index (χ4v) is 0.612. The maximum absolute atomic E-state index is 2.12. The fourth-order valence-electron chi connectivity index (χ4n) is 0.118. The molecule has 0 unspecified atom stereocenters. The molecule has 0 aromatic rings. The van der Waals surface area contributed by atoms with Gasteiger partial charge in [0.15, 0.2) is 0 Å². The maximum atomic E-state index is 2.12. The number of rotatable bonds is 1. The first kappa shape index (κ1) is 5.28. The fraction of sp³-hybridized carbons (Fsp3) is 0.500. The van der Waals surface area contributed by atoms with Gasteiger partial charge in [-0.1, -0.05) is 0 Å². The van der Waals surface area contributed by atoms with E-state index in [1.165, 1.54) is 0 Å². The van der Waals surface area contributed by atoms with E-state index in [1.54, 1.807) is 0 Å². The zero-order valence-corrected chi connectivity index (χ0v) is 5.46. The van der Waals surface area contributed by atoms with Crippen LogP contribution in [0.2, 0.25) is 5.25 Å². The summed E-state index contributed by atoms with van der Waals surface area (Å²) in [7, 11) is 0. The Morgan fingerprint density at radius 2 is 2.40 bits per heavy atom. The molecule has 0 saturated heterocycles. The molecule has 5 heavy (non-hydrogen) atoms. The van der Waals surface area contributed by atoms with Crippen molar-refractivity contribution in [2.45, 2.75) is 12.2 Å². The average Bonchev–Trinajstić information content (AvgIpc) is 1.41. The molecule has 0 nitrogen and oxygen atoms in total. The second-order valence-electron chi connectivity index (χ2n) is 0.773. The van der Waals surface area contributed by atoms with Gasteiger partial charge in [0.2, 0.25) is 0 Å². The van der Waals surface area contributed by atoms with Crippen molar-refractivity contribution in [1.82, 2.24) is 0 Å². The summed E-state index contributed by atoms with van der Waals surface area (Å²) < 4.78 is 0. The summed E-state index contributed by atoms with van der Waals surface area (Å²) in [6, 6.07) is 0. The van der Waals surface area contributed by atoms with Crippen LogP contribution in [0.1, 0.15) is 6.92 Å². The Kier molecular flexibility index (Phi) is 4.53. The van der Waals surface area contributed by atoms with Crippen LogP contribution in [0.3, 0.4) is 0 Å². The molecular weight excluding hydrogens is 121 g/mol. The molecule has 3 radical (unpaired) electrons. The van der Waals surface area contributed by atoms with Crippen LogP contribution in [0.25, 0.3) is 0 Å². The first-order valence-corrected chi connectivity index (χ1v) is 3.16. The molecule has 0 rings (SSSR count). The summed E-state index contributed by atoms with van der Waals surface area (Å²) in [5.74, 6) is 0. The molecule has 1 heteroatoms. The number of hydrogen-bond acceptors (Lipinski definition) is 0. The Bertz CT molecular complexity index is 30.6. The van der Waals surface area contributed by atoms with E-state index >= 15 is 0 Å². The summed E-state index contributed by atoms with van der Waals surface area (Å²) in [6.45, 7) is 2.03. The molecular formula is C4H7Ge. The Balaban J connectivity index is 2.62. The third kappa shape index (κ3) is 4.28. The van der Waals surface area contributed by atoms with Crippen molar-refractivity contribution in [3.8, 4) is 0 Å². The summed E-state index contributed by atoms with van der Waals surface area (Å²) in [4.78, 5) is 0. The van der Waals surface area contributed by atoms with Crippen molar-refractivity contribution >= 4 is 16.5 Å². The van der Waals surface area contributed by atoms with Gasteiger partial charge in [0, 0.05) is 0 Å². The molecule has 27 valence electrons. The monoisotopic (exact) mass is 129 g/mol. The van der Waals surface area contributed by atoms with Crippen LogP contribution in [-0.4, -0.2) is 16.5 Å². The van der Waals surface area contributed by atoms with Crippen molar-refractivity contribution in [3.63, 3.8) is 0 Å². The summed E-state index contributed by atoms with van der Waals surface area (Å²) in [5, 5.41) is 1.16. The first-order chi connectivity index (χ1) is 2.41. The third-order valence-electron chi connectivity index (χ3n) is 0.354. The minimum atomic E-state index is 1.16. The standard InChI is InChI=1S/C4H7Ge/c1-2-3-4-5/h2-3H,4H2,1H3/b3-2-. The van der Waals surface area contributed by atoms with Crippen molar-refractivity contribution in [2.75, 3.05) is 0 Å². The van der Waals surface area contributed by atoms with Gasteiger partial charge in [0.1, 0.15) is 0 Å². The van der Waals surface area contributed by atoms with Crippen LogP contribution in [0.4, 0.5) is 0 Å².